The van der Waals surface area contributed by atoms with Gasteiger partial charge in [-0.1, -0.05) is 23.7 Å². The van der Waals surface area contributed by atoms with Crippen LogP contribution in [0.3, 0.4) is 0 Å². The second-order valence-electron chi connectivity index (χ2n) is 5.03. The molecule has 0 aliphatic carbocycles. The summed E-state index contributed by atoms with van der Waals surface area (Å²) in [6.07, 6.45) is 1.75. The number of hydrogen-bond donors (Lipinski definition) is 2. The molecule has 0 fully saturated rings. The molecular formula is C16H14ClN5O. The summed E-state index contributed by atoms with van der Waals surface area (Å²) in [7, 11) is 0. The normalized spacial score (nSPS) is 11.9. The van der Waals surface area contributed by atoms with Crippen LogP contribution in [0.15, 0.2) is 48.7 Å². The van der Waals surface area contributed by atoms with Crippen molar-refractivity contribution < 1.29 is 4.79 Å². The van der Waals surface area contributed by atoms with Gasteiger partial charge in [-0.05, 0) is 42.8 Å². The highest BCUT2D eigenvalue weighted by molar-refractivity contribution is 6.29. The molecule has 23 heavy (non-hydrogen) atoms. The molecule has 0 saturated carbocycles. The topological polar surface area (TPSA) is 79.8 Å². The number of hydrazine groups is 1. The average Bonchev–Trinajstić information content (AvgIpc) is 2.60. The largest absolute Gasteiger partial charge is 0.280 e. The maximum atomic E-state index is 12.3. The van der Waals surface area contributed by atoms with Crippen LogP contribution < -0.4 is 10.9 Å². The van der Waals surface area contributed by atoms with Gasteiger partial charge in [0.2, 0.25) is 5.91 Å². The van der Waals surface area contributed by atoms with Crippen LogP contribution in [0.25, 0.3) is 10.9 Å². The second-order valence-corrected chi connectivity index (χ2v) is 5.42. The molecule has 3 aromatic rings. The molecule has 1 amide bonds. The molecule has 2 heterocycles. The number of pyridine rings is 1. The standard InChI is InChI=1S/C16H14ClN5O/c1-10(11-4-5-13-12(9-11)3-2-8-18-13)16(23)22-21-15-7-6-14(17)19-20-15/h2-10H,1H3,(H,20,21)(H,22,23). The summed E-state index contributed by atoms with van der Waals surface area (Å²) < 4.78 is 0. The second kappa shape index (κ2) is 6.58. The molecule has 0 aliphatic heterocycles. The van der Waals surface area contributed by atoms with E-state index in [4.69, 9.17) is 11.6 Å². The van der Waals surface area contributed by atoms with Gasteiger partial charge in [-0.3, -0.25) is 20.6 Å². The minimum absolute atomic E-state index is 0.176. The van der Waals surface area contributed by atoms with Crippen LogP contribution in [0.5, 0.6) is 0 Å². The lowest BCUT2D eigenvalue weighted by molar-refractivity contribution is -0.121. The molecule has 0 aliphatic rings. The van der Waals surface area contributed by atoms with Crippen LogP contribution in [-0.4, -0.2) is 21.1 Å². The Morgan fingerprint density at radius 3 is 2.83 bits per heavy atom. The minimum atomic E-state index is -0.327. The van der Waals surface area contributed by atoms with E-state index in [1.807, 2.05) is 37.3 Å². The third kappa shape index (κ3) is 3.54. The Morgan fingerprint density at radius 1 is 1.17 bits per heavy atom. The van der Waals surface area contributed by atoms with Crippen LogP contribution in [0, 0.1) is 0 Å². The fourth-order valence-corrected chi connectivity index (χ4v) is 2.23. The van der Waals surface area contributed by atoms with Crippen molar-refractivity contribution in [3.63, 3.8) is 0 Å². The van der Waals surface area contributed by atoms with Crippen molar-refractivity contribution in [3.8, 4) is 0 Å². The molecule has 2 aromatic heterocycles. The molecule has 2 N–H and O–H groups in total. The molecule has 6 nitrogen and oxygen atoms in total. The van der Waals surface area contributed by atoms with Gasteiger partial charge >= 0.3 is 0 Å². The number of hydrogen-bond acceptors (Lipinski definition) is 5. The Balaban J connectivity index is 1.69. The lowest BCUT2D eigenvalue weighted by Gasteiger charge is -2.14. The molecule has 1 atom stereocenters. The van der Waals surface area contributed by atoms with Crippen molar-refractivity contribution in [1.29, 1.82) is 0 Å². The zero-order valence-electron chi connectivity index (χ0n) is 12.3. The predicted molar refractivity (Wildman–Crippen MR) is 89.0 cm³/mol. The van der Waals surface area contributed by atoms with Gasteiger partial charge in [0.1, 0.15) is 0 Å². The lowest BCUT2D eigenvalue weighted by Crippen LogP contribution is -2.33. The van der Waals surface area contributed by atoms with Gasteiger partial charge in [-0.2, -0.15) is 0 Å². The Labute approximate surface area is 137 Å². The minimum Gasteiger partial charge on any atom is -0.280 e. The van der Waals surface area contributed by atoms with E-state index in [2.05, 4.69) is 26.0 Å². The number of nitrogens with zero attached hydrogens (tertiary/aromatic N) is 3. The van der Waals surface area contributed by atoms with Gasteiger partial charge in [0, 0.05) is 11.6 Å². The number of amides is 1. The Kier molecular flexibility index (Phi) is 4.34. The number of halogens is 1. The number of nitrogens with one attached hydrogen (secondary N) is 2. The Bertz CT molecular complexity index is 837. The van der Waals surface area contributed by atoms with Crippen LogP contribution in [0.1, 0.15) is 18.4 Å². The molecule has 7 heteroatoms. The van der Waals surface area contributed by atoms with Gasteiger partial charge in [0.25, 0.3) is 0 Å². The van der Waals surface area contributed by atoms with Crippen LogP contribution in [0.2, 0.25) is 5.15 Å². The summed E-state index contributed by atoms with van der Waals surface area (Å²) in [6, 6.07) is 12.8. The number of aromatic nitrogens is 3. The summed E-state index contributed by atoms with van der Waals surface area (Å²) in [5, 5.41) is 8.79. The zero-order chi connectivity index (χ0) is 16.2. The highest BCUT2D eigenvalue weighted by atomic mass is 35.5. The summed E-state index contributed by atoms with van der Waals surface area (Å²) in [6.45, 7) is 1.84. The molecule has 0 saturated heterocycles. The van der Waals surface area contributed by atoms with E-state index in [0.717, 1.165) is 16.5 Å². The number of carbonyl (C=O) groups excluding carboxylic acids is 1. The van der Waals surface area contributed by atoms with Gasteiger partial charge in [-0.15, -0.1) is 10.2 Å². The highest BCUT2D eigenvalue weighted by Gasteiger charge is 2.15. The van der Waals surface area contributed by atoms with Crippen molar-refractivity contribution >= 4 is 34.2 Å². The summed E-state index contributed by atoms with van der Waals surface area (Å²) in [5.74, 6) is -0.0879. The first kappa shape index (κ1) is 15.2. The van der Waals surface area contributed by atoms with Crippen molar-refractivity contribution in [2.75, 3.05) is 5.43 Å². The summed E-state index contributed by atoms with van der Waals surface area (Å²) in [4.78, 5) is 16.5. The van der Waals surface area contributed by atoms with Crippen LogP contribution in [0.4, 0.5) is 5.82 Å². The van der Waals surface area contributed by atoms with E-state index in [-0.39, 0.29) is 11.8 Å². The molecular weight excluding hydrogens is 314 g/mol. The molecule has 0 radical (unpaired) electrons. The maximum Gasteiger partial charge on any atom is 0.245 e. The summed E-state index contributed by atoms with van der Waals surface area (Å²) >= 11 is 5.66. The third-order valence-corrected chi connectivity index (χ3v) is 3.67. The first-order valence-electron chi connectivity index (χ1n) is 7.03. The lowest BCUT2D eigenvalue weighted by atomic mass is 9.99. The quantitative estimate of drug-likeness (QED) is 0.720. The SMILES string of the molecule is CC(C(=O)NNc1ccc(Cl)nn1)c1ccc2ncccc2c1. The van der Waals surface area contributed by atoms with Gasteiger partial charge in [0.05, 0.1) is 11.4 Å². The first-order chi connectivity index (χ1) is 11.1. The summed E-state index contributed by atoms with van der Waals surface area (Å²) in [5.41, 5.74) is 7.14. The number of fused-ring (bicyclic) bond motifs is 1. The first-order valence-corrected chi connectivity index (χ1v) is 7.41. The zero-order valence-corrected chi connectivity index (χ0v) is 13.1. The molecule has 116 valence electrons. The molecule has 1 aromatic carbocycles. The van der Waals surface area contributed by atoms with Crippen LogP contribution >= 0.6 is 11.6 Å². The number of carbonyl (C=O) groups is 1. The van der Waals surface area contributed by atoms with E-state index in [1.54, 1.807) is 18.3 Å². The smallest absolute Gasteiger partial charge is 0.245 e. The third-order valence-electron chi connectivity index (χ3n) is 3.47. The number of rotatable bonds is 4. The van der Waals surface area contributed by atoms with E-state index in [0.29, 0.717) is 11.0 Å². The Hall–Kier alpha value is -2.73. The fourth-order valence-electron chi connectivity index (χ4n) is 2.13. The van der Waals surface area contributed by atoms with E-state index in [9.17, 15) is 4.79 Å². The molecule has 0 spiro atoms. The fraction of sp³-hybridized carbons (Fsp3) is 0.125. The van der Waals surface area contributed by atoms with E-state index >= 15 is 0 Å². The molecule has 3 rings (SSSR count). The van der Waals surface area contributed by atoms with Crippen molar-refractivity contribution in [2.45, 2.75) is 12.8 Å². The number of anilines is 1. The van der Waals surface area contributed by atoms with Gasteiger partial charge in [0.15, 0.2) is 11.0 Å². The monoisotopic (exact) mass is 327 g/mol. The van der Waals surface area contributed by atoms with Crippen LogP contribution in [-0.2, 0) is 4.79 Å². The van der Waals surface area contributed by atoms with E-state index < -0.39 is 0 Å². The van der Waals surface area contributed by atoms with Gasteiger partial charge < -0.3 is 0 Å². The molecule has 1 unspecified atom stereocenters. The Morgan fingerprint density at radius 2 is 2.04 bits per heavy atom. The predicted octanol–water partition coefficient (Wildman–Crippen LogP) is 2.93. The van der Waals surface area contributed by atoms with Crippen molar-refractivity contribution in [1.82, 2.24) is 20.6 Å². The van der Waals surface area contributed by atoms with E-state index in [1.165, 1.54) is 0 Å². The maximum absolute atomic E-state index is 12.3. The molecule has 0 bridgehead atoms. The van der Waals surface area contributed by atoms with Crippen molar-refractivity contribution in [2.24, 2.45) is 0 Å². The van der Waals surface area contributed by atoms with Gasteiger partial charge in [-0.25, -0.2) is 0 Å². The highest BCUT2D eigenvalue weighted by Crippen LogP contribution is 2.20. The average molecular weight is 328 g/mol. The van der Waals surface area contributed by atoms with Crippen molar-refractivity contribution in [3.05, 3.63) is 59.4 Å². The number of benzene rings is 1.